The van der Waals surface area contributed by atoms with Crippen molar-refractivity contribution in [3.63, 3.8) is 0 Å². The molecule has 0 aliphatic rings. The van der Waals surface area contributed by atoms with E-state index in [2.05, 4.69) is 43.5 Å². The highest BCUT2D eigenvalue weighted by molar-refractivity contribution is 9.10. The number of nitrogens with zero attached hydrogens (tertiary/aromatic N) is 2. The smallest absolute Gasteiger partial charge is 0.224 e. The number of ether oxygens (including phenoxy) is 1. The summed E-state index contributed by atoms with van der Waals surface area (Å²) < 4.78 is 5.92. The van der Waals surface area contributed by atoms with E-state index >= 15 is 0 Å². The van der Waals surface area contributed by atoms with Crippen LogP contribution < -0.4 is 10.6 Å². The standard InChI is InChI=1S/C13H23BrN4O/c1-3-7-16-13-17-10-11(14)12(18-13)15-8-5-4-6-9-19-2/h10H,3-9H2,1-2H3,(H2,15,16,17,18). The van der Waals surface area contributed by atoms with Crippen LogP contribution in [-0.4, -0.2) is 36.8 Å². The lowest BCUT2D eigenvalue weighted by atomic mass is 10.2. The van der Waals surface area contributed by atoms with E-state index in [4.69, 9.17) is 4.74 Å². The number of anilines is 2. The summed E-state index contributed by atoms with van der Waals surface area (Å²) in [6.45, 7) is 4.75. The zero-order valence-electron chi connectivity index (χ0n) is 11.7. The van der Waals surface area contributed by atoms with Crippen molar-refractivity contribution in [2.75, 3.05) is 37.4 Å². The van der Waals surface area contributed by atoms with Gasteiger partial charge in [0.1, 0.15) is 5.82 Å². The summed E-state index contributed by atoms with van der Waals surface area (Å²) >= 11 is 3.46. The molecular formula is C13H23BrN4O. The molecule has 0 radical (unpaired) electrons. The summed E-state index contributed by atoms with van der Waals surface area (Å²) in [5.74, 6) is 1.52. The number of unbranched alkanes of at least 4 members (excludes halogenated alkanes) is 2. The highest BCUT2D eigenvalue weighted by Crippen LogP contribution is 2.20. The van der Waals surface area contributed by atoms with Gasteiger partial charge in [-0.25, -0.2) is 4.98 Å². The lowest BCUT2D eigenvalue weighted by Crippen LogP contribution is -2.09. The first-order valence-corrected chi connectivity index (χ1v) is 7.56. The van der Waals surface area contributed by atoms with Gasteiger partial charge in [0.05, 0.1) is 4.47 Å². The van der Waals surface area contributed by atoms with Crippen molar-refractivity contribution in [3.8, 4) is 0 Å². The van der Waals surface area contributed by atoms with Crippen molar-refractivity contribution in [1.82, 2.24) is 9.97 Å². The first-order valence-electron chi connectivity index (χ1n) is 6.77. The predicted octanol–water partition coefficient (Wildman–Crippen LogP) is 3.29. The molecule has 6 heteroatoms. The van der Waals surface area contributed by atoms with Crippen LogP contribution in [0.4, 0.5) is 11.8 Å². The molecule has 0 bridgehead atoms. The number of methoxy groups -OCH3 is 1. The van der Waals surface area contributed by atoms with Gasteiger partial charge in [-0.05, 0) is 41.6 Å². The predicted molar refractivity (Wildman–Crippen MR) is 82.7 cm³/mol. The molecule has 0 amide bonds. The van der Waals surface area contributed by atoms with Gasteiger partial charge in [0.15, 0.2) is 0 Å². The fourth-order valence-electron chi connectivity index (χ4n) is 1.57. The SMILES string of the molecule is CCCNc1ncc(Br)c(NCCCCCOC)n1. The monoisotopic (exact) mass is 330 g/mol. The number of hydrogen-bond donors (Lipinski definition) is 2. The molecule has 1 aromatic heterocycles. The molecule has 108 valence electrons. The molecule has 0 aliphatic heterocycles. The molecule has 0 saturated heterocycles. The van der Waals surface area contributed by atoms with Crippen LogP contribution in [0.25, 0.3) is 0 Å². The van der Waals surface area contributed by atoms with Crippen LogP contribution in [0.15, 0.2) is 10.7 Å². The van der Waals surface area contributed by atoms with Crippen LogP contribution in [0.2, 0.25) is 0 Å². The van der Waals surface area contributed by atoms with Crippen molar-refractivity contribution >= 4 is 27.7 Å². The molecule has 0 aromatic carbocycles. The molecule has 5 nitrogen and oxygen atoms in total. The maximum atomic E-state index is 5.02. The number of nitrogens with one attached hydrogen (secondary N) is 2. The largest absolute Gasteiger partial charge is 0.385 e. The summed E-state index contributed by atoms with van der Waals surface area (Å²) in [5.41, 5.74) is 0. The Bertz CT molecular complexity index is 362. The molecule has 0 aliphatic carbocycles. The fraction of sp³-hybridized carbons (Fsp3) is 0.692. The van der Waals surface area contributed by atoms with Gasteiger partial charge in [-0.15, -0.1) is 0 Å². The van der Waals surface area contributed by atoms with E-state index in [-0.39, 0.29) is 0 Å². The Morgan fingerprint density at radius 3 is 2.79 bits per heavy atom. The first kappa shape index (κ1) is 16.2. The van der Waals surface area contributed by atoms with Crippen molar-refractivity contribution in [1.29, 1.82) is 0 Å². The molecule has 0 fully saturated rings. The van der Waals surface area contributed by atoms with E-state index in [1.54, 1.807) is 13.3 Å². The molecule has 1 rings (SSSR count). The van der Waals surface area contributed by atoms with E-state index in [0.717, 1.165) is 55.7 Å². The van der Waals surface area contributed by atoms with Gasteiger partial charge in [-0.1, -0.05) is 6.92 Å². The van der Waals surface area contributed by atoms with Crippen molar-refractivity contribution in [2.24, 2.45) is 0 Å². The Morgan fingerprint density at radius 2 is 2.05 bits per heavy atom. The average molecular weight is 331 g/mol. The number of rotatable bonds is 10. The zero-order valence-corrected chi connectivity index (χ0v) is 13.3. The van der Waals surface area contributed by atoms with Gasteiger partial charge in [0.25, 0.3) is 0 Å². The van der Waals surface area contributed by atoms with Crippen molar-refractivity contribution in [3.05, 3.63) is 10.7 Å². The van der Waals surface area contributed by atoms with Crippen molar-refractivity contribution in [2.45, 2.75) is 32.6 Å². The second-order valence-corrected chi connectivity index (χ2v) is 5.15. The summed E-state index contributed by atoms with van der Waals surface area (Å²) in [6, 6.07) is 0. The summed E-state index contributed by atoms with van der Waals surface area (Å²) in [4.78, 5) is 8.66. The second-order valence-electron chi connectivity index (χ2n) is 4.30. The van der Waals surface area contributed by atoms with Crippen LogP contribution in [0.1, 0.15) is 32.6 Å². The third-order valence-corrected chi connectivity index (χ3v) is 3.18. The van der Waals surface area contributed by atoms with Gasteiger partial charge in [0, 0.05) is 33.0 Å². The summed E-state index contributed by atoms with van der Waals surface area (Å²) in [5, 5.41) is 6.51. The Labute approximate surface area is 123 Å². The fourth-order valence-corrected chi connectivity index (χ4v) is 1.90. The molecule has 1 aromatic rings. The molecule has 1 heterocycles. The van der Waals surface area contributed by atoms with E-state index in [1.807, 2.05) is 0 Å². The van der Waals surface area contributed by atoms with Crippen LogP contribution in [0.3, 0.4) is 0 Å². The number of aromatic nitrogens is 2. The third-order valence-electron chi connectivity index (χ3n) is 2.59. The quantitative estimate of drug-likeness (QED) is 0.644. The minimum absolute atomic E-state index is 0.673. The van der Waals surface area contributed by atoms with E-state index in [9.17, 15) is 0 Å². The van der Waals surface area contributed by atoms with E-state index < -0.39 is 0 Å². The lowest BCUT2D eigenvalue weighted by Gasteiger charge is -2.09. The maximum absolute atomic E-state index is 5.02. The topological polar surface area (TPSA) is 59.1 Å². The van der Waals surface area contributed by atoms with E-state index in [1.165, 1.54) is 0 Å². The molecular weight excluding hydrogens is 308 g/mol. The van der Waals surface area contributed by atoms with Gasteiger partial charge in [-0.2, -0.15) is 4.98 Å². The summed E-state index contributed by atoms with van der Waals surface area (Å²) in [6.07, 6.45) is 6.20. The molecule has 2 N–H and O–H groups in total. The van der Waals surface area contributed by atoms with Crippen LogP contribution in [0, 0.1) is 0 Å². The van der Waals surface area contributed by atoms with Crippen molar-refractivity contribution < 1.29 is 4.74 Å². The Balaban J connectivity index is 2.34. The Kier molecular flexibility index (Phi) is 8.49. The van der Waals surface area contributed by atoms with Crippen LogP contribution >= 0.6 is 15.9 Å². The first-order chi connectivity index (χ1) is 9.27. The molecule has 0 saturated carbocycles. The van der Waals surface area contributed by atoms with Gasteiger partial charge < -0.3 is 15.4 Å². The van der Waals surface area contributed by atoms with Crippen LogP contribution in [-0.2, 0) is 4.74 Å². The van der Waals surface area contributed by atoms with Crippen LogP contribution in [0.5, 0.6) is 0 Å². The number of hydrogen-bond acceptors (Lipinski definition) is 5. The molecule has 19 heavy (non-hydrogen) atoms. The Hall–Kier alpha value is -0.880. The second kappa shape index (κ2) is 9.97. The minimum Gasteiger partial charge on any atom is -0.385 e. The highest BCUT2D eigenvalue weighted by Gasteiger charge is 2.03. The minimum atomic E-state index is 0.673. The van der Waals surface area contributed by atoms with Gasteiger partial charge >= 0.3 is 0 Å². The molecule has 0 spiro atoms. The van der Waals surface area contributed by atoms with E-state index in [0.29, 0.717) is 5.95 Å². The maximum Gasteiger partial charge on any atom is 0.224 e. The molecule has 0 atom stereocenters. The Morgan fingerprint density at radius 1 is 1.21 bits per heavy atom. The number of halogens is 1. The summed E-state index contributed by atoms with van der Waals surface area (Å²) in [7, 11) is 1.74. The zero-order chi connectivity index (χ0) is 13.9. The third kappa shape index (κ3) is 6.73. The molecule has 0 unspecified atom stereocenters. The van der Waals surface area contributed by atoms with Gasteiger partial charge in [0.2, 0.25) is 5.95 Å². The van der Waals surface area contributed by atoms with Gasteiger partial charge in [-0.3, -0.25) is 0 Å². The average Bonchev–Trinajstić information content (AvgIpc) is 2.43. The highest BCUT2D eigenvalue weighted by atomic mass is 79.9. The lowest BCUT2D eigenvalue weighted by molar-refractivity contribution is 0.192. The normalized spacial score (nSPS) is 10.5.